The van der Waals surface area contributed by atoms with E-state index in [2.05, 4.69) is 13.8 Å². The molecule has 0 aromatic rings. The maximum atomic E-state index is 6.59. The molecule has 0 N–H and O–H groups in total. The molecule has 2 nitrogen and oxygen atoms in total. The van der Waals surface area contributed by atoms with E-state index in [-0.39, 0.29) is 22.0 Å². The molecule has 0 radical (unpaired) electrons. The maximum Gasteiger partial charge on any atom is 0.0924 e. The van der Waals surface area contributed by atoms with Gasteiger partial charge in [-0.1, -0.05) is 0 Å². The fourth-order valence-corrected chi connectivity index (χ4v) is 5.20. The molecule has 2 heterocycles. The lowest BCUT2D eigenvalue weighted by Gasteiger charge is -2.39. The molecule has 2 aliphatic carbocycles. The molecule has 0 spiro atoms. The van der Waals surface area contributed by atoms with E-state index in [1.807, 2.05) is 0 Å². The van der Waals surface area contributed by atoms with Gasteiger partial charge in [0.05, 0.1) is 23.4 Å². The Morgan fingerprint density at radius 2 is 1.22 bits per heavy atom. The minimum Gasteiger partial charge on any atom is -0.366 e. The van der Waals surface area contributed by atoms with Gasteiger partial charge in [0.25, 0.3) is 0 Å². The average Bonchev–Trinajstić information content (AvgIpc) is 3.12. The lowest BCUT2D eigenvalue weighted by atomic mass is 9.68. The number of fused-ring (bicyclic) bond motifs is 2. The van der Waals surface area contributed by atoms with E-state index in [1.165, 1.54) is 0 Å². The topological polar surface area (TPSA) is 25.1 Å². The van der Waals surface area contributed by atoms with Gasteiger partial charge in [0.15, 0.2) is 0 Å². The zero-order valence-electron chi connectivity index (χ0n) is 10.9. The van der Waals surface area contributed by atoms with Gasteiger partial charge in [-0.15, -0.1) is 23.2 Å². The molecule has 18 heavy (non-hydrogen) atoms. The van der Waals surface area contributed by atoms with Crippen molar-refractivity contribution < 1.29 is 9.47 Å². The smallest absolute Gasteiger partial charge is 0.0924 e. The van der Waals surface area contributed by atoms with Crippen molar-refractivity contribution in [3.63, 3.8) is 0 Å². The third-order valence-corrected chi connectivity index (χ3v) is 6.71. The van der Waals surface area contributed by atoms with E-state index >= 15 is 0 Å². The standard InChI is InChI=1S/C14H20Cl2O2/c1-13-5-7(9(15)3-11(13)17-13)8-6-14(2)12(18-14)4-10(8)16/h7-12H,3-6H2,1-2H3. The summed E-state index contributed by atoms with van der Waals surface area (Å²) < 4.78 is 11.6. The summed E-state index contributed by atoms with van der Waals surface area (Å²) in [5.41, 5.74) is 0.184. The van der Waals surface area contributed by atoms with Crippen molar-refractivity contribution >= 4 is 23.2 Å². The van der Waals surface area contributed by atoms with Crippen molar-refractivity contribution in [1.82, 2.24) is 0 Å². The highest BCUT2D eigenvalue weighted by atomic mass is 35.5. The molecule has 4 fully saturated rings. The normalized spacial score (nSPS) is 66.0. The molecule has 8 unspecified atom stereocenters. The number of epoxide rings is 2. The second-order valence-electron chi connectivity index (χ2n) is 7.08. The van der Waals surface area contributed by atoms with E-state index in [4.69, 9.17) is 32.7 Å². The minimum atomic E-state index is 0.0921. The lowest BCUT2D eigenvalue weighted by molar-refractivity contribution is 0.170. The summed E-state index contributed by atoms with van der Waals surface area (Å²) in [6.45, 7) is 4.44. The lowest BCUT2D eigenvalue weighted by Crippen LogP contribution is -2.43. The molecular weight excluding hydrogens is 271 g/mol. The first-order chi connectivity index (χ1) is 8.41. The van der Waals surface area contributed by atoms with Crippen LogP contribution in [0.5, 0.6) is 0 Å². The Kier molecular flexibility index (Phi) is 2.44. The van der Waals surface area contributed by atoms with Gasteiger partial charge < -0.3 is 9.47 Å². The largest absolute Gasteiger partial charge is 0.366 e. The van der Waals surface area contributed by atoms with Crippen molar-refractivity contribution in [1.29, 1.82) is 0 Å². The summed E-state index contributed by atoms with van der Waals surface area (Å²) in [5.74, 6) is 0.972. The Labute approximate surface area is 118 Å². The summed E-state index contributed by atoms with van der Waals surface area (Å²) in [5, 5.41) is 0.437. The molecule has 2 aliphatic heterocycles. The molecule has 8 atom stereocenters. The molecule has 0 aromatic heterocycles. The third-order valence-electron chi connectivity index (χ3n) is 5.71. The average molecular weight is 291 g/mol. The third kappa shape index (κ3) is 1.69. The fraction of sp³-hybridized carbons (Fsp3) is 1.00. The number of ether oxygens (including phenoxy) is 2. The van der Waals surface area contributed by atoms with Crippen LogP contribution >= 0.6 is 23.2 Å². The highest BCUT2D eigenvalue weighted by molar-refractivity contribution is 6.22. The maximum absolute atomic E-state index is 6.59. The molecule has 0 bridgehead atoms. The first kappa shape index (κ1) is 12.3. The van der Waals surface area contributed by atoms with Gasteiger partial charge in [0.1, 0.15) is 0 Å². The van der Waals surface area contributed by atoms with Crippen molar-refractivity contribution in [2.75, 3.05) is 0 Å². The Hall–Kier alpha value is 0.500. The van der Waals surface area contributed by atoms with Crippen LogP contribution in [-0.2, 0) is 9.47 Å². The predicted octanol–water partition coefficient (Wildman–Crippen LogP) is 3.34. The molecule has 4 rings (SSSR count). The molecule has 0 aromatic carbocycles. The van der Waals surface area contributed by atoms with Gasteiger partial charge >= 0.3 is 0 Å². The van der Waals surface area contributed by atoms with Gasteiger partial charge in [0, 0.05) is 10.8 Å². The Bertz CT molecular complexity index is 354. The monoisotopic (exact) mass is 290 g/mol. The Morgan fingerprint density at radius 3 is 1.61 bits per heavy atom. The zero-order chi connectivity index (χ0) is 12.7. The van der Waals surface area contributed by atoms with E-state index < -0.39 is 0 Å². The minimum absolute atomic E-state index is 0.0921. The molecule has 0 amide bonds. The number of hydrogen-bond acceptors (Lipinski definition) is 2. The van der Waals surface area contributed by atoms with Gasteiger partial charge in [-0.3, -0.25) is 0 Å². The number of rotatable bonds is 1. The van der Waals surface area contributed by atoms with Crippen LogP contribution in [0.1, 0.15) is 39.5 Å². The van der Waals surface area contributed by atoms with Crippen LogP contribution in [0.25, 0.3) is 0 Å². The predicted molar refractivity (Wildman–Crippen MR) is 71.3 cm³/mol. The molecule has 4 aliphatic rings. The van der Waals surface area contributed by atoms with Crippen molar-refractivity contribution in [3.05, 3.63) is 0 Å². The summed E-state index contributed by atoms with van der Waals surface area (Å²) in [6, 6.07) is 0. The Balaban J connectivity index is 1.54. The molecule has 4 heteroatoms. The first-order valence-electron chi connectivity index (χ1n) is 7.05. The van der Waals surface area contributed by atoms with Gasteiger partial charge in [-0.25, -0.2) is 0 Å². The summed E-state index contributed by atoms with van der Waals surface area (Å²) in [7, 11) is 0. The van der Waals surface area contributed by atoms with Gasteiger partial charge in [0.2, 0.25) is 0 Å². The molecule has 102 valence electrons. The molecule has 2 saturated heterocycles. The van der Waals surface area contributed by atoms with Crippen LogP contribution in [0.3, 0.4) is 0 Å². The zero-order valence-corrected chi connectivity index (χ0v) is 12.4. The second-order valence-corrected chi connectivity index (χ2v) is 8.20. The van der Waals surface area contributed by atoms with Crippen LogP contribution in [-0.4, -0.2) is 34.2 Å². The summed E-state index contributed by atoms with van der Waals surface area (Å²) in [6.07, 6.45) is 4.91. The van der Waals surface area contributed by atoms with Crippen LogP contribution in [0, 0.1) is 11.8 Å². The summed E-state index contributed by atoms with van der Waals surface area (Å²) in [4.78, 5) is 0. The van der Waals surface area contributed by atoms with Crippen LogP contribution in [0.2, 0.25) is 0 Å². The van der Waals surface area contributed by atoms with E-state index in [9.17, 15) is 0 Å². The van der Waals surface area contributed by atoms with Gasteiger partial charge in [-0.05, 0) is 51.4 Å². The van der Waals surface area contributed by atoms with E-state index in [1.54, 1.807) is 0 Å². The summed E-state index contributed by atoms with van der Waals surface area (Å²) >= 11 is 13.2. The number of halogens is 2. The van der Waals surface area contributed by atoms with E-state index in [0.717, 1.165) is 25.7 Å². The molecule has 2 saturated carbocycles. The second kappa shape index (κ2) is 3.58. The van der Waals surface area contributed by atoms with Crippen LogP contribution in [0.15, 0.2) is 0 Å². The number of hydrogen-bond donors (Lipinski definition) is 0. The van der Waals surface area contributed by atoms with Crippen molar-refractivity contribution in [2.45, 2.75) is 73.7 Å². The quantitative estimate of drug-likeness (QED) is 0.547. The fourth-order valence-electron chi connectivity index (χ4n) is 4.33. The SMILES string of the molecule is CC12CC(C3CC4(C)OC4CC3Cl)C(Cl)CC1O2. The van der Waals surface area contributed by atoms with Crippen LogP contribution < -0.4 is 0 Å². The van der Waals surface area contributed by atoms with Crippen molar-refractivity contribution in [2.24, 2.45) is 11.8 Å². The highest BCUT2D eigenvalue weighted by Gasteiger charge is 2.63. The van der Waals surface area contributed by atoms with E-state index in [0.29, 0.717) is 24.0 Å². The number of alkyl halides is 2. The Morgan fingerprint density at radius 1 is 0.833 bits per heavy atom. The van der Waals surface area contributed by atoms with Gasteiger partial charge in [-0.2, -0.15) is 0 Å². The first-order valence-corrected chi connectivity index (χ1v) is 7.92. The van der Waals surface area contributed by atoms with Crippen LogP contribution in [0.4, 0.5) is 0 Å². The highest BCUT2D eigenvalue weighted by Crippen LogP contribution is 2.58. The molecular formula is C14H20Cl2O2. The van der Waals surface area contributed by atoms with Crippen molar-refractivity contribution in [3.8, 4) is 0 Å².